The van der Waals surface area contributed by atoms with E-state index in [1.54, 1.807) is 0 Å². The van der Waals surface area contributed by atoms with Crippen LogP contribution in [-0.2, 0) is 9.47 Å². The molecule has 20 heavy (non-hydrogen) atoms. The first-order valence-electron chi connectivity index (χ1n) is 7.41. The monoisotopic (exact) mass is 297 g/mol. The summed E-state index contributed by atoms with van der Waals surface area (Å²) in [5.41, 5.74) is 7.33. The molecule has 1 aliphatic heterocycles. The first kappa shape index (κ1) is 15.8. The topological polar surface area (TPSA) is 44.5 Å². The molecular formula is C16H24ClNO2. The lowest BCUT2D eigenvalue weighted by Gasteiger charge is -2.28. The zero-order chi connectivity index (χ0) is 14.4. The second kappa shape index (κ2) is 7.99. The van der Waals surface area contributed by atoms with Crippen LogP contribution in [-0.4, -0.2) is 25.9 Å². The average molecular weight is 298 g/mol. The Morgan fingerprint density at radius 3 is 2.55 bits per heavy atom. The van der Waals surface area contributed by atoms with Crippen molar-refractivity contribution in [3.05, 3.63) is 34.9 Å². The molecule has 1 aliphatic rings. The zero-order valence-corrected chi connectivity index (χ0v) is 12.8. The predicted octanol–water partition coefficient (Wildman–Crippen LogP) is 3.56. The molecule has 0 saturated carbocycles. The Morgan fingerprint density at radius 2 is 1.95 bits per heavy atom. The second-order valence-electron chi connectivity index (χ2n) is 5.43. The molecule has 0 radical (unpaired) electrons. The number of nitrogens with two attached hydrogens (primary N) is 1. The standard InChI is InChI=1S/C16H24ClNO2/c1-2-15(18)16(13-3-5-14(17)6-4-13)20-11-12-7-9-19-10-8-12/h3-6,12,15-16H,2,7-11,18H2,1H3. The van der Waals surface area contributed by atoms with Gasteiger partial charge in [-0.3, -0.25) is 0 Å². The van der Waals surface area contributed by atoms with Crippen LogP contribution in [0.2, 0.25) is 5.02 Å². The molecule has 1 aromatic rings. The van der Waals surface area contributed by atoms with Crippen molar-refractivity contribution < 1.29 is 9.47 Å². The summed E-state index contributed by atoms with van der Waals surface area (Å²) >= 11 is 5.94. The molecule has 2 unspecified atom stereocenters. The predicted molar refractivity (Wildman–Crippen MR) is 82.0 cm³/mol. The molecule has 1 heterocycles. The van der Waals surface area contributed by atoms with Gasteiger partial charge >= 0.3 is 0 Å². The minimum Gasteiger partial charge on any atom is -0.381 e. The maximum Gasteiger partial charge on any atom is 0.0975 e. The van der Waals surface area contributed by atoms with Crippen LogP contribution in [0.1, 0.15) is 37.9 Å². The third-order valence-corrected chi connectivity index (χ3v) is 4.16. The summed E-state index contributed by atoms with van der Waals surface area (Å²) in [5.74, 6) is 0.586. The van der Waals surface area contributed by atoms with Crippen molar-refractivity contribution in [2.24, 2.45) is 11.7 Å². The molecule has 1 saturated heterocycles. The summed E-state index contributed by atoms with van der Waals surface area (Å²) in [6.07, 6.45) is 2.99. The van der Waals surface area contributed by atoms with Crippen molar-refractivity contribution in [3.8, 4) is 0 Å². The Kier molecular flexibility index (Phi) is 6.30. The van der Waals surface area contributed by atoms with E-state index in [0.29, 0.717) is 5.92 Å². The minimum absolute atomic E-state index is 0.0102. The molecule has 112 valence electrons. The number of hydrogen-bond donors (Lipinski definition) is 1. The van der Waals surface area contributed by atoms with E-state index in [9.17, 15) is 0 Å². The number of halogens is 1. The SMILES string of the molecule is CCC(N)C(OCC1CCOCC1)c1ccc(Cl)cc1. The fourth-order valence-corrected chi connectivity index (χ4v) is 2.61. The van der Waals surface area contributed by atoms with Gasteiger partial charge in [-0.2, -0.15) is 0 Å². The third kappa shape index (κ3) is 4.45. The number of hydrogen-bond acceptors (Lipinski definition) is 3. The minimum atomic E-state index is -0.0555. The Bertz CT molecular complexity index is 390. The van der Waals surface area contributed by atoms with Gasteiger partial charge in [-0.05, 0) is 42.9 Å². The Labute approximate surface area is 126 Å². The molecule has 0 bridgehead atoms. The van der Waals surface area contributed by atoms with Crippen molar-refractivity contribution in [2.45, 2.75) is 38.3 Å². The van der Waals surface area contributed by atoms with E-state index in [1.165, 1.54) is 0 Å². The van der Waals surface area contributed by atoms with Crippen LogP contribution in [0.3, 0.4) is 0 Å². The molecule has 0 aromatic heterocycles. The van der Waals surface area contributed by atoms with Crippen molar-refractivity contribution in [2.75, 3.05) is 19.8 Å². The quantitative estimate of drug-likeness (QED) is 0.873. The van der Waals surface area contributed by atoms with E-state index in [1.807, 2.05) is 24.3 Å². The second-order valence-corrected chi connectivity index (χ2v) is 5.87. The summed E-state index contributed by atoms with van der Waals surface area (Å²) in [6, 6.07) is 7.81. The van der Waals surface area contributed by atoms with Crippen LogP contribution in [0.4, 0.5) is 0 Å². The Morgan fingerprint density at radius 1 is 1.30 bits per heavy atom. The van der Waals surface area contributed by atoms with E-state index in [0.717, 1.165) is 49.7 Å². The van der Waals surface area contributed by atoms with Crippen LogP contribution >= 0.6 is 11.6 Å². The van der Waals surface area contributed by atoms with Gasteiger partial charge in [-0.1, -0.05) is 30.7 Å². The number of benzene rings is 1. The lowest BCUT2D eigenvalue weighted by Crippen LogP contribution is -2.31. The van der Waals surface area contributed by atoms with Crippen molar-refractivity contribution in [1.29, 1.82) is 0 Å². The first-order chi connectivity index (χ1) is 9.70. The fraction of sp³-hybridized carbons (Fsp3) is 0.625. The fourth-order valence-electron chi connectivity index (χ4n) is 2.49. The van der Waals surface area contributed by atoms with Gasteiger partial charge in [0.25, 0.3) is 0 Å². The largest absolute Gasteiger partial charge is 0.381 e. The van der Waals surface area contributed by atoms with Crippen LogP contribution in [0.5, 0.6) is 0 Å². The maximum atomic E-state index is 6.22. The van der Waals surface area contributed by atoms with E-state index in [2.05, 4.69) is 6.92 Å². The Hall–Kier alpha value is -0.610. The van der Waals surface area contributed by atoms with Crippen LogP contribution < -0.4 is 5.73 Å². The van der Waals surface area contributed by atoms with Crippen LogP contribution in [0.15, 0.2) is 24.3 Å². The summed E-state index contributed by atoms with van der Waals surface area (Å²) in [6.45, 7) is 4.54. The van der Waals surface area contributed by atoms with Crippen LogP contribution in [0, 0.1) is 5.92 Å². The van der Waals surface area contributed by atoms with Gasteiger partial charge in [-0.15, -0.1) is 0 Å². The van der Waals surface area contributed by atoms with Gasteiger partial charge in [0, 0.05) is 24.3 Å². The molecule has 1 fully saturated rings. The molecular weight excluding hydrogens is 274 g/mol. The highest BCUT2D eigenvalue weighted by molar-refractivity contribution is 6.30. The van der Waals surface area contributed by atoms with E-state index in [-0.39, 0.29) is 12.1 Å². The molecule has 0 spiro atoms. The van der Waals surface area contributed by atoms with E-state index < -0.39 is 0 Å². The number of rotatable bonds is 6. The highest BCUT2D eigenvalue weighted by Gasteiger charge is 2.22. The van der Waals surface area contributed by atoms with Crippen molar-refractivity contribution >= 4 is 11.6 Å². The third-order valence-electron chi connectivity index (χ3n) is 3.91. The summed E-state index contributed by atoms with van der Waals surface area (Å²) < 4.78 is 11.5. The molecule has 2 N–H and O–H groups in total. The van der Waals surface area contributed by atoms with E-state index >= 15 is 0 Å². The van der Waals surface area contributed by atoms with Gasteiger partial charge in [0.2, 0.25) is 0 Å². The van der Waals surface area contributed by atoms with Gasteiger partial charge in [0.1, 0.15) is 0 Å². The number of ether oxygens (including phenoxy) is 2. The van der Waals surface area contributed by atoms with Crippen molar-refractivity contribution in [1.82, 2.24) is 0 Å². The van der Waals surface area contributed by atoms with Gasteiger partial charge < -0.3 is 15.2 Å². The summed E-state index contributed by atoms with van der Waals surface area (Å²) in [4.78, 5) is 0. The molecule has 3 nitrogen and oxygen atoms in total. The lowest BCUT2D eigenvalue weighted by atomic mass is 9.99. The molecule has 0 aliphatic carbocycles. The first-order valence-corrected chi connectivity index (χ1v) is 7.79. The Balaban J connectivity index is 1.97. The van der Waals surface area contributed by atoms with Gasteiger partial charge in [0.15, 0.2) is 0 Å². The molecule has 1 aromatic carbocycles. The molecule has 4 heteroatoms. The average Bonchev–Trinajstić information content (AvgIpc) is 2.50. The van der Waals surface area contributed by atoms with Crippen LogP contribution in [0.25, 0.3) is 0 Å². The van der Waals surface area contributed by atoms with E-state index in [4.69, 9.17) is 26.8 Å². The summed E-state index contributed by atoms with van der Waals surface area (Å²) in [5, 5.41) is 0.738. The highest BCUT2D eigenvalue weighted by atomic mass is 35.5. The molecule has 2 atom stereocenters. The zero-order valence-electron chi connectivity index (χ0n) is 12.1. The van der Waals surface area contributed by atoms with Gasteiger partial charge in [0.05, 0.1) is 12.7 Å². The van der Waals surface area contributed by atoms with Crippen molar-refractivity contribution in [3.63, 3.8) is 0 Å². The van der Waals surface area contributed by atoms with Gasteiger partial charge in [-0.25, -0.2) is 0 Å². The molecule has 2 rings (SSSR count). The lowest BCUT2D eigenvalue weighted by molar-refractivity contribution is -0.0211. The normalized spacial score (nSPS) is 19.8. The highest BCUT2D eigenvalue weighted by Crippen LogP contribution is 2.26. The maximum absolute atomic E-state index is 6.22. The molecule has 0 amide bonds. The smallest absolute Gasteiger partial charge is 0.0975 e. The summed E-state index contributed by atoms with van der Waals surface area (Å²) in [7, 11) is 0.